The first-order valence-corrected chi connectivity index (χ1v) is 10.1. The zero-order valence-electron chi connectivity index (χ0n) is 19.1. The van der Waals surface area contributed by atoms with Crippen LogP contribution in [0.15, 0.2) is 48.2 Å². The molecule has 6 nitrogen and oxygen atoms in total. The number of ether oxygens (including phenoxy) is 3. The summed E-state index contributed by atoms with van der Waals surface area (Å²) in [5.41, 5.74) is 3.22. The van der Waals surface area contributed by atoms with Gasteiger partial charge in [0.25, 0.3) is 0 Å². The molecule has 0 saturated carbocycles. The summed E-state index contributed by atoms with van der Waals surface area (Å²) in [6.45, 7) is 3.68. The molecule has 1 aromatic heterocycles. The van der Waals surface area contributed by atoms with Crippen molar-refractivity contribution < 1.29 is 19.0 Å². The molecule has 0 atom stereocenters. The minimum atomic E-state index is -0.0170. The van der Waals surface area contributed by atoms with Crippen LogP contribution in [0.5, 0.6) is 17.2 Å². The van der Waals surface area contributed by atoms with Crippen LogP contribution in [0, 0.1) is 0 Å². The number of carbonyl (C=O) groups excluding carboxylic acids is 1. The van der Waals surface area contributed by atoms with Gasteiger partial charge in [-0.2, -0.15) is 0 Å². The Bertz CT molecular complexity index is 1090. The monoisotopic (exact) mass is 422 g/mol. The highest BCUT2D eigenvalue weighted by atomic mass is 16.5. The van der Waals surface area contributed by atoms with E-state index in [0.29, 0.717) is 28.4 Å². The summed E-state index contributed by atoms with van der Waals surface area (Å²) in [5, 5.41) is 1.06. The molecule has 1 heterocycles. The maximum Gasteiger partial charge on any atom is 0.203 e. The van der Waals surface area contributed by atoms with Crippen molar-refractivity contribution in [3.8, 4) is 17.2 Å². The molecule has 3 aromatic rings. The Kier molecular flexibility index (Phi) is 7.02. The maximum atomic E-state index is 13.1. The van der Waals surface area contributed by atoms with Gasteiger partial charge in [-0.25, -0.2) is 0 Å². The van der Waals surface area contributed by atoms with E-state index in [0.717, 1.165) is 29.6 Å². The first kappa shape index (κ1) is 22.4. The number of aromatic nitrogens is 1. The third-order valence-electron chi connectivity index (χ3n) is 5.25. The molecule has 2 aromatic carbocycles. The molecule has 0 aliphatic heterocycles. The summed E-state index contributed by atoms with van der Waals surface area (Å²) in [6, 6.07) is 11.6. The van der Waals surface area contributed by atoms with Gasteiger partial charge in [0.05, 0.1) is 21.3 Å². The van der Waals surface area contributed by atoms with E-state index < -0.39 is 0 Å². The average molecular weight is 423 g/mol. The third-order valence-corrected chi connectivity index (χ3v) is 5.25. The molecule has 0 spiro atoms. The van der Waals surface area contributed by atoms with Crippen molar-refractivity contribution in [3.63, 3.8) is 0 Å². The molecule has 3 rings (SSSR count). The van der Waals surface area contributed by atoms with Crippen LogP contribution in [-0.4, -0.2) is 57.2 Å². The highest BCUT2D eigenvalue weighted by Gasteiger charge is 2.15. The van der Waals surface area contributed by atoms with Crippen molar-refractivity contribution in [3.05, 3.63) is 59.3 Å². The minimum absolute atomic E-state index is 0.0170. The van der Waals surface area contributed by atoms with Gasteiger partial charge in [-0.1, -0.05) is 0 Å². The highest BCUT2D eigenvalue weighted by Crippen LogP contribution is 2.38. The predicted octanol–water partition coefficient (Wildman–Crippen LogP) is 4.51. The second-order valence-corrected chi connectivity index (χ2v) is 7.70. The van der Waals surface area contributed by atoms with E-state index in [4.69, 9.17) is 14.2 Å². The number of methoxy groups -OCH3 is 3. The number of ketones is 1. The first-order valence-electron chi connectivity index (χ1n) is 10.1. The topological polar surface area (TPSA) is 52.9 Å². The summed E-state index contributed by atoms with van der Waals surface area (Å²) in [6.07, 6.45) is 3.90. The van der Waals surface area contributed by atoms with Crippen LogP contribution in [0.4, 0.5) is 0 Å². The Morgan fingerprint density at radius 3 is 2.26 bits per heavy atom. The van der Waals surface area contributed by atoms with Gasteiger partial charge in [0.2, 0.25) is 5.75 Å². The molecule has 0 unspecified atom stereocenters. The quantitative estimate of drug-likeness (QED) is 0.375. The van der Waals surface area contributed by atoms with E-state index >= 15 is 0 Å². The maximum absolute atomic E-state index is 13.1. The lowest BCUT2D eigenvalue weighted by Crippen LogP contribution is -2.17. The van der Waals surface area contributed by atoms with Gasteiger partial charge < -0.3 is 23.7 Å². The molecule has 0 amide bonds. The zero-order valence-corrected chi connectivity index (χ0v) is 19.1. The van der Waals surface area contributed by atoms with Gasteiger partial charge in [0, 0.05) is 35.8 Å². The number of Topliss-reactive ketones (excluding diaryl/α,β-unsaturated/α-hetero) is 1. The van der Waals surface area contributed by atoms with Crippen molar-refractivity contribution in [2.45, 2.75) is 13.5 Å². The number of hydrogen-bond acceptors (Lipinski definition) is 5. The van der Waals surface area contributed by atoms with Gasteiger partial charge in [-0.15, -0.1) is 0 Å². The number of rotatable bonds is 9. The number of carbonyl (C=O) groups is 1. The van der Waals surface area contributed by atoms with E-state index in [-0.39, 0.29) is 5.78 Å². The highest BCUT2D eigenvalue weighted by molar-refractivity contribution is 6.12. The van der Waals surface area contributed by atoms with Crippen molar-refractivity contribution in [1.29, 1.82) is 0 Å². The largest absolute Gasteiger partial charge is 0.493 e. The second-order valence-electron chi connectivity index (χ2n) is 7.70. The van der Waals surface area contributed by atoms with Crippen LogP contribution in [0.1, 0.15) is 22.8 Å². The minimum Gasteiger partial charge on any atom is -0.493 e. The smallest absolute Gasteiger partial charge is 0.203 e. The van der Waals surface area contributed by atoms with E-state index in [2.05, 4.69) is 35.8 Å². The molecule has 31 heavy (non-hydrogen) atoms. The van der Waals surface area contributed by atoms with Crippen LogP contribution in [0.25, 0.3) is 17.0 Å². The molecule has 0 bridgehead atoms. The Morgan fingerprint density at radius 2 is 1.68 bits per heavy atom. The summed E-state index contributed by atoms with van der Waals surface area (Å²) >= 11 is 0. The Balaban J connectivity index is 1.88. The van der Waals surface area contributed by atoms with Crippen molar-refractivity contribution in [2.75, 3.05) is 42.0 Å². The fourth-order valence-corrected chi connectivity index (χ4v) is 3.57. The normalized spacial score (nSPS) is 11.8. The van der Waals surface area contributed by atoms with Crippen LogP contribution >= 0.6 is 0 Å². The molecule has 0 radical (unpaired) electrons. The van der Waals surface area contributed by atoms with Crippen LogP contribution in [0.2, 0.25) is 0 Å². The number of fused-ring (bicyclic) bond motifs is 1. The molecular weight excluding hydrogens is 392 g/mol. The third kappa shape index (κ3) is 4.91. The Labute approximate surface area is 183 Å². The molecule has 0 saturated heterocycles. The number of nitrogens with zero attached hydrogens (tertiary/aromatic N) is 2. The summed E-state index contributed by atoms with van der Waals surface area (Å²) < 4.78 is 18.4. The van der Waals surface area contributed by atoms with Crippen LogP contribution < -0.4 is 14.2 Å². The lowest BCUT2D eigenvalue weighted by molar-refractivity contribution is 0.103. The standard InChI is InChI=1S/C25H30N2O4/c1-17(13-18-14-22(29-4)25(31-6)23(15-18)30-5)24(28)20-7-8-21-19(16-20)9-10-27(21)12-11-26(2)3/h7-10,13-16H,11-12H2,1-6H3. The Morgan fingerprint density at radius 1 is 1.00 bits per heavy atom. The molecule has 0 aliphatic carbocycles. The van der Waals surface area contributed by atoms with Crippen molar-refractivity contribution in [1.82, 2.24) is 9.47 Å². The number of likely N-dealkylation sites (N-methyl/N-ethyl adjacent to an activating group) is 1. The van der Waals surface area contributed by atoms with Gasteiger partial charge >= 0.3 is 0 Å². The SMILES string of the molecule is COc1cc(C=C(C)C(=O)c2ccc3c(ccn3CCN(C)C)c2)cc(OC)c1OC. The van der Waals surface area contributed by atoms with Crippen molar-refractivity contribution in [2.24, 2.45) is 0 Å². The van der Waals surface area contributed by atoms with E-state index in [1.807, 2.05) is 43.3 Å². The zero-order chi connectivity index (χ0) is 22.5. The van der Waals surface area contributed by atoms with E-state index in [1.165, 1.54) is 0 Å². The number of hydrogen-bond donors (Lipinski definition) is 0. The molecule has 0 N–H and O–H groups in total. The first-order chi connectivity index (χ1) is 14.9. The predicted molar refractivity (Wildman–Crippen MR) is 125 cm³/mol. The molecule has 0 aliphatic rings. The van der Waals surface area contributed by atoms with E-state index in [1.54, 1.807) is 21.3 Å². The second kappa shape index (κ2) is 9.71. The molecule has 0 fully saturated rings. The summed E-state index contributed by atoms with van der Waals surface area (Å²) in [5.74, 6) is 1.61. The molecule has 164 valence electrons. The van der Waals surface area contributed by atoms with Gasteiger partial charge in [-0.05, 0) is 74.6 Å². The fourth-order valence-electron chi connectivity index (χ4n) is 3.57. The van der Waals surface area contributed by atoms with Gasteiger partial charge in [0.1, 0.15) is 0 Å². The Hall–Kier alpha value is -3.25. The van der Waals surface area contributed by atoms with Crippen LogP contribution in [0.3, 0.4) is 0 Å². The lowest BCUT2D eigenvalue weighted by Gasteiger charge is -2.13. The van der Waals surface area contributed by atoms with Crippen molar-refractivity contribution >= 4 is 22.8 Å². The summed E-state index contributed by atoms with van der Waals surface area (Å²) in [4.78, 5) is 15.2. The van der Waals surface area contributed by atoms with Crippen LogP contribution in [-0.2, 0) is 6.54 Å². The van der Waals surface area contributed by atoms with E-state index in [9.17, 15) is 4.79 Å². The number of benzene rings is 2. The average Bonchev–Trinajstić information content (AvgIpc) is 3.18. The fraction of sp³-hybridized carbons (Fsp3) is 0.320. The lowest BCUT2D eigenvalue weighted by atomic mass is 10.0. The van der Waals surface area contributed by atoms with Gasteiger partial charge in [0.15, 0.2) is 17.3 Å². The summed E-state index contributed by atoms with van der Waals surface area (Å²) in [7, 11) is 8.83. The number of allylic oxidation sites excluding steroid dienone is 1. The molecule has 6 heteroatoms. The van der Waals surface area contributed by atoms with Gasteiger partial charge in [-0.3, -0.25) is 4.79 Å². The molecular formula is C25H30N2O4.